The third kappa shape index (κ3) is 6.83. The minimum absolute atomic E-state index is 0.202. The first-order valence-electron chi connectivity index (χ1n) is 6.24. The van der Waals surface area contributed by atoms with Crippen LogP contribution in [0.2, 0.25) is 0 Å². The van der Waals surface area contributed by atoms with Gasteiger partial charge in [-0.15, -0.1) is 0 Å². The van der Waals surface area contributed by atoms with Crippen molar-refractivity contribution < 1.29 is 14.3 Å². The van der Waals surface area contributed by atoms with Crippen molar-refractivity contribution in [2.45, 2.75) is 72.0 Å². The summed E-state index contributed by atoms with van der Waals surface area (Å²) in [6.07, 6.45) is 3.99. The van der Waals surface area contributed by atoms with Gasteiger partial charge in [0.05, 0.1) is 6.10 Å². The molecule has 3 heteroatoms. The second kappa shape index (κ2) is 7.66. The predicted molar refractivity (Wildman–Crippen MR) is 65.4 cm³/mol. The molecule has 0 fully saturated rings. The van der Waals surface area contributed by atoms with Crippen LogP contribution in [-0.4, -0.2) is 24.3 Å². The number of carbonyl (C=O) groups is 1. The van der Waals surface area contributed by atoms with Crippen LogP contribution >= 0.6 is 0 Å². The van der Waals surface area contributed by atoms with Crippen LogP contribution in [0.15, 0.2) is 0 Å². The first-order valence-corrected chi connectivity index (χ1v) is 6.24. The van der Waals surface area contributed by atoms with Crippen LogP contribution in [0.1, 0.15) is 60.3 Å². The summed E-state index contributed by atoms with van der Waals surface area (Å²) in [7, 11) is 0. The van der Waals surface area contributed by atoms with Gasteiger partial charge >= 0.3 is 5.97 Å². The molecule has 2 unspecified atom stereocenters. The molecule has 3 nitrogen and oxygen atoms in total. The smallest absolute Gasteiger partial charge is 0.303 e. The Morgan fingerprint density at radius 1 is 1.38 bits per heavy atom. The van der Waals surface area contributed by atoms with E-state index in [0.29, 0.717) is 6.10 Å². The normalized spacial score (nSPS) is 16.6. The monoisotopic (exact) mass is 230 g/mol. The zero-order valence-electron chi connectivity index (χ0n) is 11.3. The molecule has 0 rings (SSSR count). The molecule has 2 atom stereocenters. The van der Waals surface area contributed by atoms with Gasteiger partial charge in [-0.1, -0.05) is 13.8 Å². The van der Waals surface area contributed by atoms with E-state index in [0.717, 1.165) is 32.3 Å². The van der Waals surface area contributed by atoms with Crippen LogP contribution in [0.5, 0.6) is 0 Å². The summed E-state index contributed by atoms with van der Waals surface area (Å²) < 4.78 is 10.9. The lowest BCUT2D eigenvalue weighted by Crippen LogP contribution is -2.30. The van der Waals surface area contributed by atoms with E-state index in [1.807, 2.05) is 13.8 Å². The Morgan fingerprint density at radius 3 is 2.44 bits per heavy atom. The standard InChI is InChI=1S/C13H26O3/c1-6-11(3)15-10-8-9-13(5,7-2)16-12(4)14/h11H,6-10H2,1-5H3. The van der Waals surface area contributed by atoms with Gasteiger partial charge in [0, 0.05) is 13.5 Å². The van der Waals surface area contributed by atoms with E-state index in [9.17, 15) is 4.79 Å². The van der Waals surface area contributed by atoms with E-state index in [2.05, 4.69) is 13.8 Å². The van der Waals surface area contributed by atoms with Crippen LogP contribution < -0.4 is 0 Å². The minimum Gasteiger partial charge on any atom is -0.460 e. The fourth-order valence-electron chi connectivity index (χ4n) is 1.50. The molecule has 16 heavy (non-hydrogen) atoms. The van der Waals surface area contributed by atoms with Gasteiger partial charge in [0.25, 0.3) is 0 Å². The molecule has 0 saturated carbocycles. The first-order chi connectivity index (χ1) is 7.43. The second-order valence-corrected chi connectivity index (χ2v) is 4.59. The predicted octanol–water partition coefficient (Wildman–Crippen LogP) is 3.31. The average Bonchev–Trinajstić information content (AvgIpc) is 2.23. The van der Waals surface area contributed by atoms with Gasteiger partial charge < -0.3 is 9.47 Å². The quantitative estimate of drug-likeness (QED) is 0.474. The topological polar surface area (TPSA) is 35.5 Å². The highest BCUT2D eigenvalue weighted by Crippen LogP contribution is 2.22. The van der Waals surface area contributed by atoms with Crippen molar-refractivity contribution in [1.29, 1.82) is 0 Å². The van der Waals surface area contributed by atoms with Crippen LogP contribution in [0, 0.1) is 0 Å². The SMILES string of the molecule is CCC(C)OCCCC(C)(CC)OC(C)=O. The van der Waals surface area contributed by atoms with Crippen molar-refractivity contribution in [2.24, 2.45) is 0 Å². The van der Waals surface area contributed by atoms with Gasteiger partial charge in [0.15, 0.2) is 0 Å². The van der Waals surface area contributed by atoms with Crippen molar-refractivity contribution in [3.05, 3.63) is 0 Å². The molecule has 0 N–H and O–H groups in total. The lowest BCUT2D eigenvalue weighted by Gasteiger charge is -2.28. The van der Waals surface area contributed by atoms with E-state index in [-0.39, 0.29) is 11.6 Å². The summed E-state index contributed by atoms with van der Waals surface area (Å²) in [5.41, 5.74) is -0.329. The van der Waals surface area contributed by atoms with Crippen molar-refractivity contribution >= 4 is 5.97 Å². The molecular weight excluding hydrogens is 204 g/mol. The summed E-state index contributed by atoms with van der Waals surface area (Å²) in [4.78, 5) is 11.0. The molecule has 0 bridgehead atoms. The van der Waals surface area contributed by atoms with E-state index >= 15 is 0 Å². The van der Waals surface area contributed by atoms with Crippen molar-refractivity contribution in [3.8, 4) is 0 Å². The molecule has 0 aliphatic carbocycles. The molecule has 0 aliphatic rings. The minimum atomic E-state index is -0.329. The van der Waals surface area contributed by atoms with Crippen molar-refractivity contribution in [3.63, 3.8) is 0 Å². The fourth-order valence-corrected chi connectivity index (χ4v) is 1.50. The molecule has 0 radical (unpaired) electrons. The van der Waals surface area contributed by atoms with Crippen LogP contribution in [0.25, 0.3) is 0 Å². The summed E-state index contributed by atoms with van der Waals surface area (Å²) in [6.45, 7) is 10.4. The van der Waals surface area contributed by atoms with Crippen LogP contribution in [0.4, 0.5) is 0 Å². The zero-order chi connectivity index (χ0) is 12.6. The molecule has 96 valence electrons. The Morgan fingerprint density at radius 2 is 2.00 bits per heavy atom. The number of carbonyl (C=O) groups excluding carboxylic acids is 1. The molecule has 0 aromatic heterocycles. The Bertz CT molecular complexity index is 203. The summed E-state index contributed by atoms with van der Waals surface area (Å²) in [6, 6.07) is 0. The third-order valence-electron chi connectivity index (χ3n) is 2.97. The maximum absolute atomic E-state index is 11.0. The summed E-state index contributed by atoms with van der Waals surface area (Å²) >= 11 is 0. The summed E-state index contributed by atoms with van der Waals surface area (Å²) in [5.74, 6) is -0.202. The number of hydrogen-bond acceptors (Lipinski definition) is 3. The van der Waals surface area contributed by atoms with Crippen LogP contribution in [0.3, 0.4) is 0 Å². The Balaban J connectivity index is 3.82. The van der Waals surface area contributed by atoms with E-state index in [4.69, 9.17) is 9.47 Å². The number of esters is 1. The molecule has 0 aromatic rings. The molecule has 0 spiro atoms. The Labute approximate surface area is 99.5 Å². The van der Waals surface area contributed by atoms with E-state index < -0.39 is 0 Å². The highest BCUT2D eigenvalue weighted by Gasteiger charge is 2.24. The third-order valence-corrected chi connectivity index (χ3v) is 2.97. The lowest BCUT2D eigenvalue weighted by atomic mass is 9.97. The van der Waals surface area contributed by atoms with Gasteiger partial charge in [-0.05, 0) is 39.5 Å². The van der Waals surface area contributed by atoms with Gasteiger partial charge in [-0.3, -0.25) is 4.79 Å². The molecular formula is C13H26O3. The van der Waals surface area contributed by atoms with Gasteiger partial charge in [0.1, 0.15) is 5.60 Å². The zero-order valence-corrected chi connectivity index (χ0v) is 11.3. The van der Waals surface area contributed by atoms with E-state index in [1.165, 1.54) is 6.92 Å². The highest BCUT2D eigenvalue weighted by molar-refractivity contribution is 5.66. The van der Waals surface area contributed by atoms with Gasteiger partial charge in [0.2, 0.25) is 0 Å². The van der Waals surface area contributed by atoms with Gasteiger partial charge in [-0.25, -0.2) is 0 Å². The number of rotatable bonds is 8. The number of hydrogen-bond donors (Lipinski definition) is 0. The maximum atomic E-state index is 11.0. The van der Waals surface area contributed by atoms with Crippen molar-refractivity contribution in [2.75, 3.05) is 6.61 Å². The molecule has 0 amide bonds. The maximum Gasteiger partial charge on any atom is 0.303 e. The van der Waals surface area contributed by atoms with Crippen LogP contribution in [-0.2, 0) is 14.3 Å². The highest BCUT2D eigenvalue weighted by atomic mass is 16.6. The lowest BCUT2D eigenvalue weighted by molar-refractivity contribution is -0.156. The molecule has 0 saturated heterocycles. The molecule has 0 heterocycles. The first kappa shape index (κ1) is 15.4. The van der Waals surface area contributed by atoms with Crippen molar-refractivity contribution in [1.82, 2.24) is 0 Å². The molecule has 0 aliphatic heterocycles. The van der Waals surface area contributed by atoms with Gasteiger partial charge in [-0.2, -0.15) is 0 Å². The number of ether oxygens (including phenoxy) is 2. The fraction of sp³-hybridized carbons (Fsp3) is 0.923. The molecule has 0 aromatic carbocycles. The largest absolute Gasteiger partial charge is 0.460 e. The van der Waals surface area contributed by atoms with E-state index in [1.54, 1.807) is 0 Å². The second-order valence-electron chi connectivity index (χ2n) is 4.59. The average molecular weight is 230 g/mol. The Hall–Kier alpha value is -0.570. The Kier molecular flexibility index (Phi) is 7.39. The summed E-state index contributed by atoms with van der Waals surface area (Å²) in [5, 5.41) is 0.